The minimum absolute atomic E-state index is 0.0341. The number of halogens is 7. The van der Waals surface area contributed by atoms with Crippen LogP contribution in [0, 0.1) is 12.7 Å². The summed E-state index contributed by atoms with van der Waals surface area (Å²) in [6.45, 7) is 2.78. The molecule has 18 heteroatoms. The number of carbonyl (C=O) groups is 2. The van der Waals surface area contributed by atoms with Crippen molar-refractivity contribution in [1.29, 1.82) is 0 Å². The van der Waals surface area contributed by atoms with Gasteiger partial charge in [-0.1, -0.05) is 40.9 Å². The molecule has 5 aromatic rings. The van der Waals surface area contributed by atoms with Crippen LogP contribution in [0.4, 0.5) is 23.2 Å². The summed E-state index contributed by atoms with van der Waals surface area (Å²) in [6, 6.07) is 10.4. The Morgan fingerprint density at radius 2 is 1.76 bits per heavy atom. The van der Waals surface area contributed by atoms with Gasteiger partial charge in [0.05, 0.1) is 28.0 Å². The largest absolute Gasteiger partial charge is 0.455 e. The normalized spacial score (nSPS) is 12.2. The van der Waals surface area contributed by atoms with Crippen molar-refractivity contribution < 1.29 is 27.2 Å². The quantitative estimate of drug-likeness (QED) is 0.178. The number of nitrogens with one attached hydrogen (secondary N) is 2. The first kappa shape index (κ1) is 32.8. The van der Waals surface area contributed by atoms with Gasteiger partial charge in [0.1, 0.15) is 18.1 Å². The number of aryl methyl sites for hydroxylation is 1. The Balaban J connectivity index is 1.48. The lowest BCUT2D eigenvalue weighted by Crippen LogP contribution is -2.29. The second kappa shape index (κ2) is 13.0. The number of tetrazole rings is 1. The lowest BCUT2D eigenvalue weighted by atomic mass is 10.0. The zero-order valence-electron chi connectivity index (χ0n) is 23.6. The molecular formula is C28H20Cl3F4N9O2. The Hall–Kier alpha value is -4.60. The minimum Gasteiger partial charge on any atom is -0.345 e. The van der Waals surface area contributed by atoms with E-state index in [-0.39, 0.29) is 49.1 Å². The van der Waals surface area contributed by atoms with Crippen LogP contribution >= 0.6 is 34.8 Å². The molecular weight excluding hydrogens is 677 g/mol. The van der Waals surface area contributed by atoms with Crippen molar-refractivity contribution in [2.75, 3.05) is 5.32 Å². The van der Waals surface area contributed by atoms with Crippen molar-refractivity contribution >= 4 is 52.3 Å². The summed E-state index contributed by atoms with van der Waals surface area (Å²) < 4.78 is 54.6. The van der Waals surface area contributed by atoms with E-state index < -0.39 is 42.2 Å². The van der Waals surface area contributed by atoms with Gasteiger partial charge in [-0.3, -0.25) is 9.59 Å². The zero-order chi connectivity index (χ0) is 33.3. The van der Waals surface area contributed by atoms with Gasteiger partial charge in [0.15, 0.2) is 5.82 Å². The van der Waals surface area contributed by atoms with Gasteiger partial charge >= 0.3 is 6.18 Å². The second-order valence-electron chi connectivity index (χ2n) is 9.84. The molecule has 3 heterocycles. The molecule has 11 nitrogen and oxygen atoms in total. The molecule has 0 saturated heterocycles. The molecule has 0 aliphatic carbocycles. The number of carbonyl (C=O) groups excluding carboxylic acids is 2. The lowest BCUT2D eigenvalue weighted by molar-refractivity contribution is -0.145. The van der Waals surface area contributed by atoms with E-state index >= 15 is 0 Å². The van der Waals surface area contributed by atoms with Crippen molar-refractivity contribution in [1.82, 2.24) is 40.3 Å². The second-order valence-corrected chi connectivity index (χ2v) is 11.1. The molecule has 5 rings (SSSR count). The van der Waals surface area contributed by atoms with Crippen molar-refractivity contribution in [3.8, 4) is 5.82 Å². The number of alkyl halides is 3. The fourth-order valence-electron chi connectivity index (χ4n) is 4.40. The highest BCUT2D eigenvalue weighted by Crippen LogP contribution is 2.29. The van der Waals surface area contributed by atoms with E-state index in [0.29, 0.717) is 10.4 Å². The van der Waals surface area contributed by atoms with E-state index in [2.05, 4.69) is 36.1 Å². The van der Waals surface area contributed by atoms with Crippen molar-refractivity contribution in [2.45, 2.75) is 32.6 Å². The van der Waals surface area contributed by atoms with Crippen LogP contribution in [0.1, 0.15) is 56.5 Å². The Labute approximate surface area is 272 Å². The van der Waals surface area contributed by atoms with Gasteiger partial charge in [-0.05, 0) is 67.1 Å². The van der Waals surface area contributed by atoms with Crippen molar-refractivity contribution in [2.24, 2.45) is 0 Å². The highest BCUT2D eigenvalue weighted by molar-refractivity contribution is 6.32. The average molecular weight is 697 g/mol. The molecule has 3 aromatic heterocycles. The molecule has 2 aromatic carbocycles. The number of anilines is 1. The van der Waals surface area contributed by atoms with Gasteiger partial charge in [0.25, 0.3) is 17.6 Å². The lowest BCUT2D eigenvalue weighted by Gasteiger charge is -2.19. The van der Waals surface area contributed by atoms with Crippen LogP contribution in [0.2, 0.25) is 15.1 Å². The fraction of sp³-hybridized carbons (Fsp3) is 0.179. The standard InChI is InChI=1S/C28H20Cl3F4N9O2/c1-13-8-16(30)9-19(25(45)37-14(2)18-6-5-15(29)10-21(18)32)23(13)38-26(46)22-11-17(12-43-41-27(39-42-43)28(33,34)35)40-44(22)24-20(31)4-3-7-36-24/h3-11,14H,12H2,1-2H3,(H,37,45)(H,38,46). The molecule has 0 spiro atoms. The molecule has 0 saturated carbocycles. The maximum absolute atomic E-state index is 14.5. The van der Waals surface area contributed by atoms with E-state index in [1.54, 1.807) is 19.9 Å². The summed E-state index contributed by atoms with van der Waals surface area (Å²) in [4.78, 5) is 32.1. The number of aromatic nitrogens is 7. The Morgan fingerprint density at radius 3 is 2.43 bits per heavy atom. The number of amides is 2. The molecule has 1 unspecified atom stereocenters. The van der Waals surface area contributed by atoms with E-state index in [1.807, 2.05) is 0 Å². The van der Waals surface area contributed by atoms with Crippen LogP contribution in [0.5, 0.6) is 0 Å². The molecule has 0 radical (unpaired) electrons. The average Bonchev–Trinajstić information content (AvgIpc) is 3.62. The first-order valence-corrected chi connectivity index (χ1v) is 14.3. The van der Waals surface area contributed by atoms with E-state index in [9.17, 15) is 27.2 Å². The van der Waals surface area contributed by atoms with Crippen LogP contribution < -0.4 is 10.6 Å². The predicted octanol–water partition coefficient (Wildman–Crippen LogP) is 6.47. The molecule has 238 valence electrons. The molecule has 0 bridgehead atoms. The van der Waals surface area contributed by atoms with Crippen molar-refractivity contribution in [3.05, 3.63) is 110 Å². The molecule has 2 N–H and O–H groups in total. The van der Waals surface area contributed by atoms with Crippen molar-refractivity contribution in [3.63, 3.8) is 0 Å². The van der Waals surface area contributed by atoms with Gasteiger partial charge in [-0.2, -0.15) is 23.1 Å². The number of pyridine rings is 1. The summed E-state index contributed by atoms with van der Waals surface area (Å²) in [6.07, 6.45) is -3.42. The number of hydrogen-bond donors (Lipinski definition) is 2. The SMILES string of the molecule is Cc1cc(Cl)cc(C(=O)NC(C)c2ccc(Cl)cc2F)c1NC(=O)c1cc(Cn2nnc(C(F)(F)F)n2)nn1-c1ncccc1Cl. The summed E-state index contributed by atoms with van der Waals surface area (Å²) in [5.74, 6) is -3.51. The minimum atomic E-state index is -4.81. The summed E-state index contributed by atoms with van der Waals surface area (Å²) in [7, 11) is 0. The first-order chi connectivity index (χ1) is 21.7. The smallest absolute Gasteiger partial charge is 0.345 e. The molecule has 0 aliphatic rings. The summed E-state index contributed by atoms with van der Waals surface area (Å²) in [5, 5.41) is 19.9. The zero-order valence-corrected chi connectivity index (χ0v) is 25.8. The molecule has 0 fully saturated rings. The Kier molecular flexibility index (Phi) is 9.28. The third kappa shape index (κ3) is 7.11. The fourth-order valence-corrected chi connectivity index (χ4v) is 5.04. The summed E-state index contributed by atoms with van der Waals surface area (Å²) in [5.41, 5.74) is 0.532. The third-order valence-electron chi connectivity index (χ3n) is 6.50. The maximum Gasteiger partial charge on any atom is 0.455 e. The predicted molar refractivity (Wildman–Crippen MR) is 160 cm³/mol. The highest BCUT2D eigenvalue weighted by atomic mass is 35.5. The van der Waals surface area contributed by atoms with E-state index in [4.69, 9.17) is 34.8 Å². The number of hydrogen-bond acceptors (Lipinski definition) is 7. The molecule has 0 aliphatic heterocycles. The third-order valence-corrected chi connectivity index (χ3v) is 7.25. The van der Waals surface area contributed by atoms with Crippen LogP contribution in [-0.4, -0.2) is 46.8 Å². The number of rotatable bonds is 8. The molecule has 46 heavy (non-hydrogen) atoms. The first-order valence-electron chi connectivity index (χ1n) is 13.1. The summed E-state index contributed by atoms with van der Waals surface area (Å²) >= 11 is 18.4. The van der Waals surface area contributed by atoms with E-state index in [0.717, 1.165) is 10.7 Å². The highest BCUT2D eigenvalue weighted by Gasteiger charge is 2.37. The van der Waals surface area contributed by atoms with Gasteiger partial charge in [-0.25, -0.2) is 14.1 Å². The van der Waals surface area contributed by atoms with Crippen LogP contribution in [-0.2, 0) is 12.7 Å². The Bertz CT molecular complexity index is 1960. The van der Waals surface area contributed by atoms with Crippen LogP contribution in [0.3, 0.4) is 0 Å². The molecule has 1 atom stereocenters. The van der Waals surface area contributed by atoms with Gasteiger partial charge in [0, 0.05) is 21.8 Å². The van der Waals surface area contributed by atoms with E-state index in [1.165, 1.54) is 42.6 Å². The van der Waals surface area contributed by atoms with Crippen LogP contribution in [0.15, 0.2) is 54.7 Å². The topological polar surface area (TPSA) is 133 Å². The van der Waals surface area contributed by atoms with Crippen LogP contribution in [0.25, 0.3) is 5.82 Å². The maximum atomic E-state index is 14.5. The molecule has 2 amide bonds. The van der Waals surface area contributed by atoms with Gasteiger partial charge < -0.3 is 10.6 Å². The number of nitrogens with zero attached hydrogens (tertiary/aromatic N) is 7. The monoisotopic (exact) mass is 695 g/mol. The van der Waals surface area contributed by atoms with Gasteiger partial charge in [0.2, 0.25) is 0 Å². The Morgan fingerprint density at radius 1 is 1.00 bits per heavy atom. The number of benzene rings is 2. The van der Waals surface area contributed by atoms with Gasteiger partial charge in [-0.15, -0.1) is 10.2 Å².